The molecule has 5 heteroatoms. The van der Waals surface area contributed by atoms with Crippen molar-refractivity contribution in [1.29, 1.82) is 0 Å². The van der Waals surface area contributed by atoms with Gasteiger partial charge in [0.05, 0.1) is 13.2 Å². The molecule has 12 heavy (non-hydrogen) atoms. The molecule has 2 heterocycles. The zero-order chi connectivity index (χ0) is 8.55. The molecular weight excluding hydrogens is 164 g/mol. The molecule has 2 N–H and O–H groups in total. The molecule has 0 aromatic rings. The zero-order valence-electron chi connectivity index (χ0n) is 6.55. The second-order valence-electron chi connectivity index (χ2n) is 2.96. The van der Waals surface area contributed by atoms with Crippen molar-refractivity contribution in [3.05, 3.63) is 0 Å². The summed E-state index contributed by atoms with van der Waals surface area (Å²) in [4.78, 5) is 0. The van der Waals surface area contributed by atoms with E-state index in [-0.39, 0.29) is 44.4 Å². The fourth-order valence-corrected chi connectivity index (χ4v) is 1.70. The van der Waals surface area contributed by atoms with Crippen LogP contribution in [0.25, 0.3) is 0 Å². The van der Waals surface area contributed by atoms with Crippen LogP contribution in [0.1, 0.15) is 0 Å². The number of hydrogen-bond acceptors (Lipinski definition) is 5. The lowest BCUT2D eigenvalue weighted by molar-refractivity contribution is -0.0969. The smallest absolute Gasteiger partial charge is 0.148 e. The van der Waals surface area contributed by atoms with Crippen LogP contribution in [0.5, 0.6) is 0 Å². The van der Waals surface area contributed by atoms with Crippen LogP contribution < -0.4 is 0 Å². The van der Waals surface area contributed by atoms with Crippen LogP contribution in [-0.2, 0) is 14.2 Å². The second kappa shape index (κ2) is 3.27. The Morgan fingerprint density at radius 1 is 1.00 bits per heavy atom. The Morgan fingerprint density at radius 2 is 1.50 bits per heavy atom. The third kappa shape index (κ3) is 1.14. The second-order valence-corrected chi connectivity index (χ2v) is 2.96. The van der Waals surface area contributed by atoms with Gasteiger partial charge in [0.2, 0.25) is 0 Å². The first kappa shape index (κ1) is 8.40. The monoisotopic (exact) mass is 176 g/mol. The SMILES string of the molecule is OCC1OC(CO)C2OCOC12. The highest BCUT2D eigenvalue weighted by atomic mass is 16.7. The summed E-state index contributed by atoms with van der Waals surface area (Å²) >= 11 is 0. The van der Waals surface area contributed by atoms with Crippen molar-refractivity contribution in [2.24, 2.45) is 0 Å². The van der Waals surface area contributed by atoms with Crippen LogP contribution in [-0.4, -0.2) is 54.6 Å². The molecule has 70 valence electrons. The molecule has 0 aliphatic carbocycles. The number of ether oxygens (including phenoxy) is 3. The van der Waals surface area contributed by atoms with E-state index in [0.29, 0.717) is 0 Å². The van der Waals surface area contributed by atoms with Gasteiger partial charge in [-0.2, -0.15) is 0 Å². The molecule has 2 saturated heterocycles. The van der Waals surface area contributed by atoms with E-state index < -0.39 is 0 Å². The first-order valence-corrected chi connectivity index (χ1v) is 3.97. The number of fused-ring (bicyclic) bond motifs is 1. The normalized spacial score (nSPS) is 46.5. The Hall–Kier alpha value is -0.200. The summed E-state index contributed by atoms with van der Waals surface area (Å²) in [5.41, 5.74) is 0. The molecular formula is C7H12O5. The summed E-state index contributed by atoms with van der Waals surface area (Å²) in [6.07, 6.45) is -1.14. The van der Waals surface area contributed by atoms with Crippen molar-refractivity contribution in [3.8, 4) is 0 Å². The summed E-state index contributed by atoms with van der Waals surface area (Å²) in [5, 5.41) is 17.8. The molecule has 2 rings (SSSR count). The molecule has 2 aliphatic heterocycles. The van der Waals surface area contributed by atoms with Gasteiger partial charge in [-0.3, -0.25) is 0 Å². The van der Waals surface area contributed by atoms with Crippen LogP contribution >= 0.6 is 0 Å². The van der Waals surface area contributed by atoms with Gasteiger partial charge in [-0.05, 0) is 0 Å². The van der Waals surface area contributed by atoms with E-state index >= 15 is 0 Å². The van der Waals surface area contributed by atoms with Gasteiger partial charge >= 0.3 is 0 Å². The Labute approximate surface area is 69.8 Å². The van der Waals surface area contributed by atoms with Crippen molar-refractivity contribution < 1.29 is 24.4 Å². The van der Waals surface area contributed by atoms with E-state index in [1.54, 1.807) is 0 Å². The van der Waals surface area contributed by atoms with E-state index in [9.17, 15) is 0 Å². The lowest BCUT2D eigenvalue weighted by atomic mass is 10.1. The lowest BCUT2D eigenvalue weighted by Gasteiger charge is -2.12. The van der Waals surface area contributed by atoms with Gasteiger partial charge in [0.25, 0.3) is 0 Å². The van der Waals surface area contributed by atoms with E-state index in [1.807, 2.05) is 0 Å². The van der Waals surface area contributed by atoms with Gasteiger partial charge < -0.3 is 24.4 Å². The van der Waals surface area contributed by atoms with Gasteiger partial charge in [-0.15, -0.1) is 0 Å². The van der Waals surface area contributed by atoms with E-state index in [0.717, 1.165) is 0 Å². The van der Waals surface area contributed by atoms with Crippen LogP contribution in [0.4, 0.5) is 0 Å². The van der Waals surface area contributed by atoms with Crippen molar-refractivity contribution in [2.75, 3.05) is 20.0 Å². The molecule has 5 nitrogen and oxygen atoms in total. The molecule has 0 bridgehead atoms. The molecule has 4 unspecified atom stereocenters. The average molecular weight is 176 g/mol. The van der Waals surface area contributed by atoms with Crippen molar-refractivity contribution in [3.63, 3.8) is 0 Å². The third-order valence-corrected chi connectivity index (χ3v) is 2.29. The van der Waals surface area contributed by atoms with Gasteiger partial charge in [0, 0.05) is 0 Å². The number of hydrogen-bond donors (Lipinski definition) is 2. The van der Waals surface area contributed by atoms with Crippen LogP contribution in [0.15, 0.2) is 0 Å². The Kier molecular flexibility index (Phi) is 2.29. The fraction of sp³-hybridized carbons (Fsp3) is 1.00. The Morgan fingerprint density at radius 3 is 1.92 bits per heavy atom. The van der Waals surface area contributed by atoms with Crippen LogP contribution in [0, 0.1) is 0 Å². The predicted molar refractivity (Wildman–Crippen MR) is 37.4 cm³/mol. The maximum atomic E-state index is 8.88. The van der Waals surface area contributed by atoms with Crippen LogP contribution in [0.2, 0.25) is 0 Å². The summed E-state index contributed by atoms with van der Waals surface area (Å²) in [5.74, 6) is 0. The van der Waals surface area contributed by atoms with Gasteiger partial charge in [-0.25, -0.2) is 0 Å². The number of aliphatic hydroxyl groups is 2. The highest BCUT2D eigenvalue weighted by Crippen LogP contribution is 2.30. The van der Waals surface area contributed by atoms with E-state index in [4.69, 9.17) is 24.4 Å². The number of rotatable bonds is 2. The van der Waals surface area contributed by atoms with Gasteiger partial charge in [0.15, 0.2) is 0 Å². The maximum absolute atomic E-state index is 8.88. The van der Waals surface area contributed by atoms with Crippen molar-refractivity contribution in [2.45, 2.75) is 24.4 Å². The maximum Gasteiger partial charge on any atom is 0.148 e. The predicted octanol–water partition coefficient (Wildman–Crippen LogP) is -1.52. The summed E-state index contributed by atoms with van der Waals surface area (Å²) < 4.78 is 15.7. The topological polar surface area (TPSA) is 68.2 Å². The molecule has 2 fully saturated rings. The zero-order valence-corrected chi connectivity index (χ0v) is 6.55. The largest absolute Gasteiger partial charge is 0.394 e. The van der Waals surface area contributed by atoms with Crippen molar-refractivity contribution in [1.82, 2.24) is 0 Å². The fourth-order valence-electron chi connectivity index (χ4n) is 1.70. The third-order valence-electron chi connectivity index (χ3n) is 2.29. The molecule has 0 aromatic heterocycles. The Bertz CT molecular complexity index is 146. The molecule has 0 saturated carbocycles. The first-order valence-electron chi connectivity index (χ1n) is 3.97. The molecule has 0 radical (unpaired) electrons. The highest BCUT2D eigenvalue weighted by molar-refractivity contribution is 4.94. The summed E-state index contributed by atoms with van der Waals surface area (Å²) in [6.45, 7) is 0.0355. The van der Waals surface area contributed by atoms with Crippen molar-refractivity contribution >= 4 is 0 Å². The first-order chi connectivity index (χ1) is 5.86. The summed E-state index contributed by atoms with van der Waals surface area (Å²) in [6, 6.07) is 0. The van der Waals surface area contributed by atoms with E-state index in [2.05, 4.69) is 0 Å². The van der Waals surface area contributed by atoms with Gasteiger partial charge in [0.1, 0.15) is 31.2 Å². The van der Waals surface area contributed by atoms with Crippen LogP contribution in [0.3, 0.4) is 0 Å². The average Bonchev–Trinajstić information content (AvgIpc) is 2.63. The minimum absolute atomic E-state index is 0.0962. The molecule has 0 aromatic carbocycles. The molecule has 0 spiro atoms. The minimum atomic E-state index is -0.352. The Balaban J connectivity index is 2.05. The minimum Gasteiger partial charge on any atom is -0.394 e. The highest BCUT2D eigenvalue weighted by Gasteiger charge is 2.48. The van der Waals surface area contributed by atoms with Gasteiger partial charge in [-0.1, -0.05) is 0 Å². The van der Waals surface area contributed by atoms with E-state index in [1.165, 1.54) is 0 Å². The lowest BCUT2D eigenvalue weighted by Crippen LogP contribution is -2.32. The number of aliphatic hydroxyl groups excluding tert-OH is 2. The molecule has 2 aliphatic rings. The standard InChI is InChI=1S/C7H12O5/c8-1-4-6-7(11-3-10-6)5(2-9)12-4/h4-9H,1-3H2. The quantitative estimate of drug-likeness (QED) is 0.535. The molecule has 0 amide bonds. The summed E-state index contributed by atoms with van der Waals surface area (Å²) in [7, 11) is 0. The molecule has 4 atom stereocenters.